The highest BCUT2D eigenvalue weighted by Gasteiger charge is 2.06. The summed E-state index contributed by atoms with van der Waals surface area (Å²) in [6.45, 7) is 8.47. The fourth-order valence-corrected chi connectivity index (χ4v) is 1.67. The van der Waals surface area contributed by atoms with E-state index in [2.05, 4.69) is 5.32 Å². The summed E-state index contributed by atoms with van der Waals surface area (Å²) in [5, 5.41) is 3.13. The van der Waals surface area contributed by atoms with Crippen molar-refractivity contribution in [3.05, 3.63) is 0 Å². The lowest BCUT2D eigenvalue weighted by molar-refractivity contribution is -0.122. The van der Waals surface area contributed by atoms with Gasteiger partial charge in [-0.05, 0) is 12.8 Å². The monoisotopic (exact) mass is 255 g/mol. The van der Waals surface area contributed by atoms with Gasteiger partial charge in [0.05, 0.1) is 6.54 Å². The lowest BCUT2D eigenvalue weighted by Crippen LogP contribution is -2.28. The highest BCUT2D eigenvalue weighted by Crippen LogP contribution is 2.09. The molecule has 0 amide bonds. The minimum atomic E-state index is 0.161. The third-order valence-electron chi connectivity index (χ3n) is 2.98. The van der Waals surface area contributed by atoms with Crippen LogP contribution in [0.1, 0.15) is 66.2 Å². The number of unbranched alkanes of at least 4 members (excludes halogenated alkanes) is 3. The van der Waals surface area contributed by atoms with Gasteiger partial charge in [-0.3, -0.25) is 9.59 Å². The van der Waals surface area contributed by atoms with Crippen molar-refractivity contribution in [2.75, 3.05) is 6.54 Å². The third kappa shape index (κ3) is 10.5. The van der Waals surface area contributed by atoms with Crippen molar-refractivity contribution in [1.82, 2.24) is 5.32 Å². The smallest absolute Gasteiger partial charge is 0.146 e. The van der Waals surface area contributed by atoms with E-state index < -0.39 is 0 Å². The number of Topliss-reactive ketones (excluding diaryl/α,β-unsaturated/α-hetero) is 2. The zero-order chi connectivity index (χ0) is 14.0. The summed E-state index contributed by atoms with van der Waals surface area (Å²) in [5.41, 5.74) is 0. The predicted molar refractivity (Wildman–Crippen MR) is 75.7 cm³/mol. The van der Waals surface area contributed by atoms with Gasteiger partial charge in [0.1, 0.15) is 11.6 Å². The first-order valence-corrected chi connectivity index (χ1v) is 7.21. The Morgan fingerprint density at radius 1 is 0.889 bits per heavy atom. The molecule has 18 heavy (non-hydrogen) atoms. The quantitative estimate of drug-likeness (QED) is 0.577. The van der Waals surface area contributed by atoms with Crippen molar-refractivity contribution < 1.29 is 9.59 Å². The Morgan fingerprint density at radius 2 is 1.44 bits per heavy atom. The Bertz CT molecular complexity index is 247. The SMILES string of the molecule is CC(C)NCC(=O)CCCCCCC(=O)C(C)C. The lowest BCUT2D eigenvalue weighted by Gasteiger charge is -2.07. The highest BCUT2D eigenvalue weighted by molar-refractivity contribution is 5.80. The molecule has 0 aliphatic rings. The van der Waals surface area contributed by atoms with E-state index in [1.54, 1.807) is 0 Å². The highest BCUT2D eigenvalue weighted by atomic mass is 16.1. The van der Waals surface area contributed by atoms with Crippen LogP contribution in [-0.4, -0.2) is 24.2 Å². The van der Waals surface area contributed by atoms with Crippen molar-refractivity contribution >= 4 is 11.6 Å². The van der Waals surface area contributed by atoms with Crippen molar-refractivity contribution in [2.24, 2.45) is 5.92 Å². The molecule has 0 unspecified atom stereocenters. The normalized spacial score (nSPS) is 11.2. The maximum absolute atomic E-state index is 11.5. The van der Waals surface area contributed by atoms with Crippen LogP contribution in [0.5, 0.6) is 0 Å². The molecule has 0 saturated heterocycles. The average molecular weight is 255 g/mol. The first-order valence-electron chi connectivity index (χ1n) is 7.21. The van der Waals surface area contributed by atoms with E-state index in [0.717, 1.165) is 25.7 Å². The van der Waals surface area contributed by atoms with Gasteiger partial charge in [-0.2, -0.15) is 0 Å². The van der Waals surface area contributed by atoms with Crippen LogP contribution >= 0.6 is 0 Å². The van der Waals surface area contributed by atoms with E-state index in [1.807, 2.05) is 27.7 Å². The largest absolute Gasteiger partial charge is 0.308 e. The first kappa shape index (κ1) is 17.3. The number of carbonyl (C=O) groups excluding carboxylic acids is 2. The van der Waals surface area contributed by atoms with Gasteiger partial charge in [0.2, 0.25) is 0 Å². The zero-order valence-corrected chi connectivity index (χ0v) is 12.4. The minimum absolute atomic E-state index is 0.161. The molecule has 0 aliphatic heterocycles. The average Bonchev–Trinajstić information content (AvgIpc) is 2.30. The number of carbonyl (C=O) groups is 2. The molecular weight excluding hydrogens is 226 g/mol. The van der Waals surface area contributed by atoms with Crippen molar-refractivity contribution in [3.8, 4) is 0 Å². The molecule has 3 nitrogen and oxygen atoms in total. The Labute approximate surface area is 112 Å². The van der Waals surface area contributed by atoms with Crippen LogP contribution in [-0.2, 0) is 9.59 Å². The molecule has 0 heterocycles. The fourth-order valence-electron chi connectivity index (χ4n) is 1.67. The molecule has 0 fully saturated rings. The predicted octanol–water partition coefficient (Wildman–Crippen LogP) is 3.12. The molecular formula is C15H29NO2. The van der Waals surface area contributed by atoms with E-state index in [1.165, 1.54) is 0 Å². The van der Waals surface area contributed by atoms with E-state index in [4.69, 9.17) is 0 Å². The summed E-state index contributed by atoms with van der Waals surface area (Å²) in [4.78, 5) is 22.8. The molecule has 0 aliphatic carbocycles. The first-order chi connectivity index (χ1) is 8.43. The molecule has 0 spiro atoms. The van der Waals surface area contributed by atoms with Gasteiger partial charge in [0, 0.05) is 24.8 Å². The number of rotatable bonds is 11. The Kier molecular flexibility index (Phi) is 9.85. The molecule has 0 aromatic rings. The molecule has 0 aromatic heterocycles. The van der Waals surface area contributed by atoms with Crippen LogP contribution in [0.3, 0.4) is 0 Å². The Hall–Kier alpha value is -0.700. The van der Waals surface area contributed by atoms with Gasteiger partial charge >= 0.3 is 0 Å². The summed E-state index contributed by atoms with van der Waals surface area (Å²) < 4.78 is 0. The van der Waals surface area contributed by atoms with Gasteiger partial charge in [0.25, 0.3) is 0 Å². The second-order valence-corrected chi connectivity index (χ2v) is 5.61. The molecule has 0 rings (SSSR count). The molecule has 0 atom stereocenters. The van der Waals surface area contributed by atoms with Crippen LogP contribution in [0.15, 0.2) is 0 Å². The molecule has 106 valence electrons. The number of ketones is 2. The van der Waals surface area contributed by atoms with Crippen LogP contribution < -0.4 is 5.32 Å². The Morgan fingerprint density at radius 3 is 1.94 bits per heavy atom. The lowest BCUT2D eigenvalue weighted by atomic mass is 10.0. The van der Waals surface area contributed by atoms with Gasteiger partial charge < -0.3 is 5.32 Å². The van der Waals surface area contributed by atoms with Crippen LogP contribution in [0, 0.1) is 5.92 Å². The standard InChI is InChI=1S/C15H29NO2/c1-12(2)15(18)10-8-6-5-7-9-14(17)11-16-13(3)4/h12-13,16H,5-11H2,1-4H3. The minimum Gasteiger partial charge on any atom is -0.308 e. The molecule has 0 radical (unpaired) electrons. The summed E-state index contributed by atoms with van der Waals surface area (Å²) in [6, 6.07) is 0.371. The summed E-state index contributed by atoms with van der Waals surface area (Å²) in [5.74, 6) is 0.808. The number of hydrogen-bond donors (Lipinski definition) is 1. The van der Waals surface area contributed by atoms with Crippen LogP contribution in [0.4, 0.5) is 0 Å². The topological polar surface area (TPSA) is 46.2 Å². The van der Waals surface area contributed by atoms with Crippen molar-refractivity contribution in [1.29, 1.82) is 0 Å². The van der Waals surface area contributed by atoms with E-state index in [0.29, 0.717) is 37.0 Å². The number of hydrogen-bond acceptors (Lipinski definition) is 3. The van der Waals surface area contributed by atoms with Crippen LogP contribution in [0.2, 0.25) is 0 Å². The maximum atomic E-state index is 11.5. The molecule has 3 heteroatoms. The summed E-state index contributed by atoms with van der Waals surface area (Å²) in [6.07, 6.45) is 5.39. The third-order valence-corrected chi connectivity index (χ3v) is 2.98. The van der Waals surface area contributed by atoms with Gasteiger partial charge in [-0.25, -0.2) is 0 Å². The second kappa shape index (κ2) is 10.2. The molecule has 1 N–H and O–H groups in total. The number of nitrogens with one attached hydrogen (secondary N) is 1. The summed E-state index contributed by atoms with van der Waals surface area (Å²) in [7, 11) is 0. The van der Waals surface area contributed by atoms with E-state index >= 15 is 0 Å². The summed E-state index contributed by atoms with van der Waals surface area (Å²) >= 11 is 0. The maximum Gasteiger partial charge on any atom is 0.146 e. The zero-order valence-electron chi connectivity index (χ0n) is 12.4. The van der Waals surface area contributed by atoms with Gasteiger partial charge in [-0.1, -0.05) is 40.5 Å². The van der Waals surface area contributed by atoms with Crippen molar-refractivity contribution in [3.63, 3.8) is 0 Å². The second-order valence-electron chi connectivity index (χ2n) is 5.61. The van der Waals surface area contributed by atoms with Gasteiger partial charge in [0.15, 0.2) is 0 Å². The van der Waals surface area contributed by atoms with Crippen molar-refractivity contribution in [2.45, 2.75) is 72.3 Å². The fraction of sp³-hybridized carbons (Fsp3) is 0.867. The molecule has 0 bridgehead atoms. The van der Waals surface area contributed by atoms with Crippen LogP contribution in [0.25, 0.3) is 0 Å². The van der Waals surface area contributed by atoms with E-state index in [9.17, 15) is 9.59 Å². The molecule has 0 aromatic carbocycles. The van der Waals surface area contributed by atoms with Gasteiger partial charge in [-0.15, -0.1) is 0 Å². The molecule has 0 saturated carbocycles. The van der Waals surface area contributed by atoms with E-state index in [-0.39, 0.29) is 5.92 Å². The Balaban J connectivity index is 3.35.